The third-order valence-corrected chi connectivity index (χ3v) is 4.18. The van der Waals surface area contributed by atoms with E-state index in [1.165, 1.54) is 0 Å². The Kier molecular flexibility index (Phi) is 6.62. The van der Waals surface area contributed by atoms with Gasteiger partial charge in [0.05, 0.1) is 17.8 Å². The fourth-order valence-electron chi connectivity index (χ4n) is 2.85. The fourth-order valence-corrected chi connectivity index (χ4v) is 2.85. The predicted octanol–water partition coefficient (Wildman–Crippen LogP) is 2.71. The lowest BCUT2D eigenvalue weighted by atomic mass is 10.1. The van der Waals surface area contributed by atoms with E-state index < -0.39 is 0 Å². The second-order valence-electron chi connectivity index (χ2n) is 5.95. The first-order valence-corrected chi connectivity index (χ1v) is 8.38. The van der Waals surface area contributed by atoms with E-state index in [1.54, 1.807) is 6.20 Å². The molecule has 0 amide bonds. The maximum atomic E-state index is 9.02. The van der Waals surface area contributed by atoms with Crippen LogP contribution in [0.15, 0.2) is 30.5 Å². The van der Waals surface area contributed by atoms with E-state index in [9.17, 15) is 0 Å². The van der Waals surface area contributed by atoms with E-state index in [0.717, 1.165) is 49.1 Å². The summed E-state index contributed by atoms with van der Waals surface area (Å²) in [4.78, 5) is 6.64. The Morgan fingerprint density at radius 3 is 2.87 bits per heavy atom. The molecule has 1 atom stereocenters. The normalized spacial score (nSPS) is 12.7. The van der Waals surface area contributed by atoms with Crippen molar-refractivity contribution in [3.05, 3.63) is 30.5 Å². The van der Waals surface area contributed by atoms with Crippen LogP contribution in [0.4, 0.5) is 11.4 Å². The van der Waals surface area contributed by atoms with Crippen LogP contribution in [0.2, 0.25) is 0 Å². The number of anilines is 2. The zero-order chi connectivity index (χ0) is 16.7. The van der Waals surface area contributed by atoms with Gasteiger partial charge in [-0.15, -0.1) is 0 Å². The van der Waals surface area contributed by atoms with Crippen molar-refractivity contribution < 1.29 is 5.11 Å². The first-order valence-electron chi connectivity index (χ1n) is 8.38. The van der Waals surface area contributed by atoms with Crippen LogP contribution in [-0.2, 0) is 0 Å². The molecule has 0 saturated carbocycles. The largest absolute Gasteiger partial charge is 0.397 e. The quantitative estimate of drug-likeness (QED) is 0.620. The highest BCUT2D eigenvalue weighted by Crippen LogP contribution is 2.26. The summed E-state index contributed by atoms with van der Waals surface area (Å²) < 4.78 is 0. The number of hydrogen-bond acceptors (Lipinski definition) is 5. The van der Waals surface area contributed by atoms with Crippen LogP contribution in [-0.4, -0.2) is 47.3 Å². The van der Waals surface area contributed by atoms with E-state index in [4.69, 9.17) is 10.8 Å². The molecule has 2 aromatic rings. The monoisotopic (exact) mass is 316 g/mol. The molecule has 0 aliphatic carbocycles. The Hall–Kier alpha value is -1.85. The summed E-state index contributed by atoms with van der Waals surface area (Å²) >= 11 is 0. The van der Waals surface area contributed by atoms with E-state index in [2.05, 4.69) is 29.0 Å². The summed E-state index contributed by atoms with van der Waals surface area (Å²) in [7, 11) is 0. The molecular weight excluding hydrogens is 288 g/mol. The maximum absolute atomic E-state index is 9.02. The number of fused-ring (bicyclic) bond motifs is 1. The zero-order valence-corrected chi connectivity index (χ0v) is 14.1. The number of nitrogens with two attached hydrogens (primary N) is 1. The van der Waals surface area contributed by atoms with E-state index >= 15 is 0 Å². The van der Waals surface area contributed by atoms with Gasteiger partial charge in [-0.1, -0.05) is 19.1 Å². The summed E-state index contributed by atoms with van der Waals surface area (Å²) in [6.45, 7) is 7.31. The number of likely N-dealkylation sites (N-methyl/N-ethyl adjacent to an activating group) is 1. The second kappa shape index (κ2) is 8.70. The van der Waals surface area contributed by atoms with Crippen LogP contribution in [0.1, 0.15) is 26.7 Å². The van der Waals surface area contributed by atoms with Crippen LogP contribution in [0.25, 0.3) is 10.9 Å². The van der Waals surface area contributed by atoms with Gasteiger partial charge < -0.3 is 21.1 Å². The summed E-state index contributed by atoms with van der Waals surface area (Å²) in [5, 5.41) is 13.7. The molecule has 0 aliphatic heterocycles. The molecule has 1 heterocycles. The molecule has 0 saturated heterocycles. The number of para-hydroxylation sites is 1. The van der Waals surface area contributed by atoms with Gasteiger partial charge in [-0.3, -0.25) is 4.98 Å². The molecule has 0 radical (unpaired) electrons. The minimum Gasteiger partial charge on any atom is -0.397 e. The van der Waals surface area contributed by atoms with Gasteiger partial charge in [0.25, 0.3) is 0 Å². The second-order valence-corrected chi connectivity index (χ2v) is 5.95. The number of aromatic nitrogens is 1. The maximum Gasteiger partial charge on any atom is 0.0951 e. The van der Waals surface area contributed by atoms with Gasteiger partial charge in [0, 0.05) is 29.9 Å². The molecule has 1 aromatic heterocycles. The molecule has 0 fully saturated rings. The van der Waals surface area contributed by atoms with E-state index in [0.29, 0.717) is 11.7 Å². The smallest absolute Gasteiger partial charge is 0.0951 e. The van der Waals surface area contributed by atoms with Crippen molar-refractivity contribution in [2.45, 2.75) is 32.7 Å². The van der Waals surface area contributed by atoms with Crippen LogP contribution >= 0.6 is 0 Å². The molecule has 1 aromatic carbocycles. The van der Waals surface area contributed by atoms with Crippen LogP contribution in [0.5, 0.6) is 0 Å². The molecule has 0 bridgehead atoms. The number of aliphatic hydroxyl groups is 1. The molecular formula is C18H28N4O. The van der Waals surface area contributed by atoms with E-state index in [1.807, 2.05) is 24.3 Å². The van der Waals surface area contributed by atoms with Crippen molar-refractivity contribution in [1.29, 1.82) is 0 Å². The van der Waals surface area contributed by atoms with Gasteiger partial charge in [0.15, 0.2) is 0 Å². The zero-order valence-electron chi connectivity index (χ0n) is 14.1. The van der Waals surface area contributed by atoms with Crippen molar-refractivity contribution in [3.8, 4) is 0 Å². The number of nitrogens with one attached hydrogen (secondary N) is 1. The molecule has 1 unspecified atom stereocenters. The molecule has 126 valence electrons. The summed E-state index contributed by atoms with van der Waals surface area (Å²) in [6, 6.07) is 8.26. The molecule has 23 heavy (non-hydrogen) atoms. The van der Waals surface area contributed by atoms with Crippen molar-refractivity contribution in [1.82, 2.24) is 9.88 Å². The number of pyridine rings is 1. The molecule has 0 spiro atoms. The van der Waals surface area contributed by atoms with Gasteiger partial charge in [0.1, 0.15) is 0 Å². The van der Waals surface area contributed by atoms with Crippen molar-refractivity contribution in [2.75, 3.05) is 37.3 Å². The van der Waals surface area contributed by atoms with Crippen LogP contribution < -0.4 is 11.1 Å². The Morgan fingerprint density at radius 1 is 1.30 bits per heavy atom. The number of aliphatic hydroxyl groups excluding tert-OH is 1. The lowest BCUT2D eigenvalue weighted by Gasteiger charge is -2.21. The van der Waals surface area contributed by atoms with Gasteiger partial charge in [-0.25, -0.2) is 0 Å². The minimum atomic E-state index is 0.228. The molecule has 4 N–H and O–H groups in total. The van der Waals surface area contributed by atoms with E-state index in [-0.39, 0.29) is 6.61 Å². The third kappa shape index (κ3) is 4.81. The van der Waals surface area contributed by atoms with Crippen molar-refractivity contribution >= 4 is 22.3 Å². The highest BCUT2D eigenvalue weighted by Gasteiger charge is 2.08. The van der Waals surface area contributed by atoms with Crippen LogP contribution in [0.3, 0.4) is 0 Å². The standard InChI is InChI=1S/C18H28N4O/c1-3-22(12-13-23)11-5-6-14(2)21-17-9-10-20-18-15(17)7-4-8-16(18)19/h4,7-10,14,23H,3,5-6,11-13,19H2,1-2H3,(H,20,21). The number of rotatable bonds is 9. The third-order valence-electron chi connectivity index (χ3n) is 4.18. The lowest BCUT2D eigenvalue weighted by Crippen LogP contribution is -2.28. The Morgan fingerprint density at radius 2 is 2.13 bits per heavy atom. The topological polar surface area (TPSA) is 74.4 Å². The first-order chi connectivity index (χ1) is 11.2. The van der Waals surface area contributed by atoms with Gasteiger partial charge >= 0.3 is 0 Å². The summed E-state index contributed by atoms with van der Waals surface area (Å²) in [5.41, 5.74) is 8.64. The highest BCUT2D eigenvalue weighted by atomic mass is 16.3. The SMILES string of the molecule is CCN(CCO)CCCC(C)Nc1ccnc2c(N)cccc12. The molecule has 2 rings (SSSR count). The van der Waals surface area contributed by atoms with Gasteiger partial charge in [-0.05, 0) is 45.0 Å². The molecule has 0 aliphatic rings. The van der Waals surface area contributed by atoms with Gasteiger partial charge in [0.2, 0.25) is 0 Å². The van der Waals surface area contributed by atoms with Crippen molar-refractivity contribution in [2.24, 2.45) is 0 Å². The number of hydrogen-bond donors (Lipinski definition) is 3. The lowest BCUT2D eigenvalue weighted by molar-refractivity contribution is 0.199. The van der Waals surface area contributed by atoms with Crippen molar-refractivity contribution in [3.63, 3.8) is 0 Å². The fraction of sp³-hybridized carbons (Fsp3) is 0.500. The average molecular weight is 316 g/mol. The highest BCUT2D eigenvalue weighted by molar-refractivity contribution is 5.97. The summed E-state index contributed by atoms with van der Waals surface area (Å²) in [5.74, 6) is 0. The molecule has 5 nitrogen and oxygen atoms in total. The first kappa shape index (κ1) is 17.5. The summed E-state index contributed by atoms with van der Waals surface area (Å²) in [6.07, 6.45) is 3.98. The molecule has 5 heteroatoms. The number of nitrogens with zero attached hydrogens (tertiary/aromatic N) is 2. The van der Waals surface area contributed by atoms with Crippen LogP contribution in [0, 0.1) is 0 Å². The van der Waals surface area contributed by atoms with Gasteiger partial charge in [-0.2, -0.15) is 0 Å². The number of nitrogen functional groups attached to an aromatic ring is 1. The Balaban J connectivity index is 1.93. The average Bonchev–Trinajstić information content (AvgIpc) is 2.55. The minimum absolute atomic E-state index is 0.228. The Labute approximate surface area is 138 Å². The Bertz CT molecular complexity index is 617. The number of benzene rings is 1. The predicted molar refractivity (Wildman–Crippen MR) is 97.7 cm³/mol.